The van der Waals surface area contributed by atoms with E-state index in [0.29, 0.717) is 0 Å². The fraction of sp³-hybridized carbons (Fsp3) is 1.00. The summed E-state index contributed by atoms with van der Waals surface area (Å²) in [6.07, 6.45) is 9.23. The third-order valence-corrected chi connectivity index (χ3v) is 3.38. The minimum Gasteiger partial charge on any atom is -0.324 e. The molecule has 1 unspecified atom stereocenters. The van der Waals surface area contributed by atoms with Crippen molar-refractivity contribution in [3.63, 3.8) is 0 Å². The summed E-state index contributed by atoms with van der Waals surface area (Å²) in [6.45, 7) is 5.84. The molecule has 0 radical (unpaired) electrons. The molecule has 0 aromatic rings. The van der Waals surface area contributed by atoms with E-state index in [9.17, 15) is 0 Å². The molecule has 0 amide bonds. The predicted octanol–water partition coefficient (Wildman–Crippen LogP) is 1.41. The van der Waals surface area contributed by atoms with Crippen LogP contribution in [0.2, 0.25) is 6.32 Å². The van der Waals surface area contributed by atoms with Crippen molar-refractivity contribution in [1.29, 1.82) is 0 Å². The van der Waals surface area contributed by atoms with Gasteiger partial charge in [0.25, 0.3) is 0 Å². The average molecular weight is 210 g/mol. The minimum absolute atomic E-state index is 0.0342. The number of hydrogen-bond donors (Lipinski definition) is 1. The summed E-state index contributed by atoms with van der Waals surface area (Å²) in [5.74, 6) is 0. The molecule has 1 atom stereocenters. The van der Waals surface area contributed by atoms with Gasteiger partial charge in [0.2, 0.25) is 0 Å². The van der Waals surface area contributed by atoms with Gasteiger partial charge < -0.3 is 10.6 Å². The van der Waals surface area contributed by atoms with Gasteiger partial charge in [-0.15, -0.1) is 0 Å². The lowest BCUT2D eigenvalue weighted by molar-refractivity contribution is 0.178. The molecule has 2 nitrogen and oxygen atoms in total. The van der Waals surface area contributed by atoms with Crippen LogP contribution in [0.15, 0.2) is 0 Å². The Labute approximate surface area is 96.0 Å². The first-order valence-corrected chi connectivity index (χ1v) is 6.65. The van der Waals surface area contributed by atoms with Gasteiger partial charge in [0.05, 0.1) is 0 Å². The standard InChI is InChI=1S/C12H27BN2/c1-12(14,7-3-4-8-13)11-15-9-5-2-6-10-15/h2-11,13-14H2,1H3. The highest BCUT2D eigenvalue weighted by molar-refractivity contribution is 6.08. The van der Waals surface area contributed by atoms with Crippen molar-refractivity contribution in [1.82, 2.24) is 4.90 Å². The van der Waals surface area contributed by atoms with Crippen molar-refractivity contribution >= 4 is 7.85 Å². The highest BCUT2D eigenvalue weighted by Gasteiger charge is 2.22. The molecule has 1 aliphatic rings. The van der Waals surface area contributed by atoms with Crippen LogP contribution < -0.4 is 5.73 Å². The van der Waals surface area contributed by atoms with Gasteiger partial charge in [-0.2, -0.15) is 0 Å². The molecule has 0 aliphatic carbocycles. The van der Waals surface area contributed by atoms with Crippen LogP contribution in [0.25, 0.3) is 0 Å². The maximum absolute atomic E-state index is 6.35. The lowest BCUT2D eigenvalue weighted by Gasteiger charge is -2.34. The molecule has 3 heteroatoms. The Kier molecular flexibility index (Phi) is 5.69. The molecule has 88 valence electrons. The predicted molar refractivity (Wildman–Crippen MR) is 70.1 cm³/mol. The number of nitrogens with zero attached hydrogens (tertiary/aromatic N) is 1. The van der Waals surface area contributed by atoms with E-state index in [4.69, 9.17) is 5.73 Å². The Hall–Kier alpha value is -0.0151. The highest BCUT2D eigenvalue weighted by atomic mass is 15.1. The summed E-state index contributed by atoms with van der Waals surface area (Å²) in [7, 11) is 2.25. The number of nitrogens with two attached hydrogens (primary N) is 1. The van der Waals surface area contributed by atoms with E-state index in [2.05, 4.69) is 19.7 Å². The molecule has 1 rings (SSSR count). The second kappa shape index (κ2) is 6.54. The molecular weight excluding hydrogens is 183 g/mol. The average Bonchev–Trinajstić information content (AvgIpc) is 2.18. The summed E-state index contributed by atoms with van der Waals surface area (Å²) >= 11 is 0. The first-order valence-electron chi connectivity index (χ1n) is 6.65. The zero-order chi connectivity index (χ0) is 11.1. The molecule has 0 aromatic heterocycles. The summed E-state index contributed by atoms with van der Waals surface area (Å²) in [5, 5.41) is 0. The maximum atomic E-state index is 6.35. The molecular formula is C12H27BN2. The second-order valence-corrected chi connectivity index (χ2v) is 5.45. The molecule has 1 fully saturated rings. The van der Waals surface area contributed by atoms with Crippen LogP contribution in [0.1, 0.15) is 45.4 Å². The Balaban J connectivity index is 2.20. The fourth-order valence-electron chi connectivity index (χ4n) is 2.49. The van der Waals surface area contributed by atoms with Crippen LogP contribution in [-0.2, 0) is 0 Å². The molecule has 1 saturated heterocycles. The smallest absolute Gasteiger partial charge is 0.101 e. The topological polar surface area (TPSA) is 29.3 Å². The SMILES string of the molecule is BCCCCC(C)(N)CN1CCCCC1. The minimum atomic E-state index is 0.0342. The van der Waals surface area contributed by atoms with Crippen molar-refractivity contribution in [3.05, 3.63) is 0 Å². The Morgan fingerprint density at radius 3 is 2.47 bits per heavy atom. The van der Waals surface area contributed by atoms with E-state index in [1.165, 1.54) is 57.9 Å². The van der Waals surface area contributed by atoms with Gasteiger partial charge >= 0.3 is 0 Å². The summed E-state index contributed by atoms with van der Waals surface area (Å²) < 4.78 is 0. The van der Waals surface area contributed by atoms with Crippen molar-refractivity contribution in [3.8, 4) is 0 Å². The third kappa shape index (κ3) is 5.57. The van der Waals surface area contributed by atoms with E-state index in [1.54, 1.807) is 0 Å². The molecule has 0 aromatic carbocycles. The van der Waals surface area contributed by atoms with E-state index >= 15 is 0 Å². The van der Waals surface area contributed by atoms with Crippen LogP contribution in [0.4, 0.5) is 0 Å². The molecule has 15 heavy (non-hydrogen) atoms. The van der Waals surface area contributed by atoms with Crippen molar-refractivity contribution in [2.24, 2.45) is 5.73 Å². The summed E-state index contributed by atoms with van der Waals surface area (Å²) in [4.78, 5) is 2.55. The van der Waals surface area contributed by atoms with Gasteiger partial charge in [0, 0.05) is 12.1 Å². The normalized spacial score (nSPS) is 22.5. The van der Waals surface area contributed by atoms with E-state index in [-0.39, 0.29) is 5.54 Å². The highest BCUT2D eigenvalue weighted by Crippen LogP contribution is 2.16. The van der Waals surface area contributed by atoms with E-state index in [0.717, 1.165) is 6.54 Å². The number of piperidine rings is 1. The molecule has 2 N–H and O–H groups in total. The molecule has 0 saturated carbocycles. The van der Waals surface area contributed by atoms with Gasteiger partial charge in [-0.25, -0.2) is 0 Å². The lowest BCUT2D eigenvalue weighted by atomic mass is 9.91. The largest absolute Gasteiger partial charge is 0.324 e. The summed E-state index contributed by atoms with van der Waals surface area (Å²) in [5.41, 5.74) is 6.38. The lowest BCUT2D eigenvalue weighted by Crippen LogP contribution is -2.49. The zero-order valence-electron chi connectivity index (χ0n) is 10.6. The molecule has 0 spiro atoms. The Bertz CT molecular complexity index is 165. The number of unbranched alkanes of at least 4 members (excludes halogenated alkanes) is 1. The fourth-order valence-corrected chi connectivity index (χ4v) is 2.49. The van der Waals surface area contributed by atoms with Crippen LogP contribution in [0, 0.1) is 0 Å². The van der Waals surface area contributed by atoms with E-state index < -0.39 is 0 Å². The van der Waals surface area contributed by atoms with Gasteiger partial charge in [0.1, 0.15) is 7.85 Å². The van der Waals surface area contributed by atoms with Crippen LogP contribution in [0.5, 0.6) is 0 Å². The maximum Gasteiger partial charge on any atom is 0.101 e. The quantitative estimate of drug-likeness (QED) is 0.530. The van der Waals surface area contributed by atoms with Crippen molar-refractivity contribution < 1.29 is 0 Å². The van der Waals surface area contributed by atoms with Gasteiger partial charge in [0.15, 0.2) is 0 Å². The van der Waals surface area contributed by atoms with Gasteiger partial charge in [-0.1, -0.05) is 25.6 Å². The molecule has 1 heterocycles. The molecule has 1 aliphatic heterocycles. The van der Waals surface area contributed by atoms with Crippen LogP contribution in [0.3, 0.4) is 0 Å². The van der Waals surface area contributed by atoms with Gasteiger partial charge in [-0.3, -0.25) is 0 Å². The number of hydrogen-bond acceptors (Lipinski definition) is 2. The monoisotopic (exact) mass is 210 g/mol. The second-order valence-electron chi connectivity index (χ2n) is 5.45. The molecule has 0 bridgehead atoms. The van der Waals surface area contributed by atoms with Crippen molar-refractivity contribution in [2.45, 2.75) is 57.3 Å². The number of likely N-dealkylation sites (tertiary alicyclic amines) is 1. The third-order valence-electron chi connectivity index (χ3n) is 3.38. The first-order chi connectivity index (χ1) is 7.14. The van der Waals surface area contributed by atoms with Crippen LogP contribution >= 0.6 is 0 Å². The van der Waals surface area contributed by atoms with Crippen LogP contribution in [-0.4, -0.2) is 37.9 Å². The Morgan fingerprint density at radius 2 is 1.87 bits per heavy atom. The zero-order valence-corrected chi connectivity index (χ0v) is 10.6. The summed E-state index contributed by atoms with van der Waals surface area (Å²) in [6, 6.07) is 0. The van der Waals surface area contributed by atoms with E-state index in [1.807, 2.05) is 0 Å². The Morgan fingerprint density at radius 1 is 1.20 bits per heavy atom. The van der Waals surface area contributed by atoms with Crippen molar-refractivity contribution in [2.75, 3.05) is 19.6 Å². The first kappa shape index (κ1) is 13.1. The van der Waals surface area contributed by atoms with Gasteiger partial charge in [-0.05, 0) is 39.3 Å². The number of rotatable bonds is 6.